The van der Waals surface area contributed by atoms with Gasteiger partial charge in [-0.3, -0.25) is 19.3 Å². The molecule has 7 heteroatoms. The number of nitrogens with zero attached hydrogens (tertiary/aromatic N) is 4. The van der Waals surface area contributed by atoms with Gasteiger partial charge in [0.1, 0.15) is 5.54 Å². The van der Waals surface area contributed by atoms with Crippen LogP contribution in [-0.2, 0) is 11.3 Å². The van der Waals surface area contributed by atoms with Crippen LogP contribution in [0, 0.1) is 0 Å². The summed E-state index contributed by atoms with van der Waals surface area (Å²) < 4.78 is 1.94. The molecule has 7 nitrogen and oxygen atoms in total. The van der Waals surface area contributed by atoms with Gasteiger partial charge in [0.2, 0.25) is 0 Å². The number of carbonyl (C=O) groups is 2. The first-order chi connectivity index (χ1) is 10.5. The maximum atomic E-state index is 12.2. The molecule has 1 aromatic rings. The number of rotatable bonds is 5. The molecule has 0 bridgehead atoms. The minimum Gasteiger partial charge on any atom is -0.324 e. The Bertz CT molecular complexity index is 554. The van der Waals surface area contributed by atoms with Crippen LogP contribution in [0.15, 0.2) is 18.5 Å². The first-order valence-electron chi connectivity index (χ1n) is 7.83. The van der Waals surface area contributed by atoms with Gasteiger partial charge in [0.25, 0.3) is 5.91 Å². The molecule has 3 rings (SSSR count). The Balaban J connectivity index is 1.56. The summed E-state index contributed by atoms with van der Waals surface area (Å²) >= 11 is 0. The van der Waals surface area contributed by atoms with E-state index >= 15 is 0 Å². The number of hydrogen-bond donors (Lipinski definition) is 1. The van der Waals surface area contributed by atoms with Crippen molar-refractivity contribution < 1.29 is 9.59 Å². The highest BCUT2D eigenvalue weighted by Crippen LogP contribution is 2.20. The Kier molecular flexibility index (Phi) is 3.90. The van der Waals surface area contributed by atoms with E-state index in [-0.39, 0.29) is 11.9 Å². The molecule has 0 radical (unpaired) electrons. The number of imide groups is 1. The fraction of sp³-hybridized carbons (Fsp3) is 0.667. The van der Waals surface area contributed by atoms with Crippen molar-refractivity contribution in [3.05, 3.63) is 18.5 Å². The van der Waals surface area contributed by atoms with Crippen molar-refractivity contribution >= 4 is 11.9 Å². The summed E-state index contributed by atoms with van der Waals surface area (Å²) in [6, 6.07) is 2.07. The number of urea groups is 1. The van der Waals surface area contributed by atoms with E-state index in [1.54, 1.807) is 20.0 Å². The summed E-state index contributed by atoms with van der Waals surface area (Å²) in [6.45, 7) is 6.52. The van der Waals surface area contributed by atoms with Gasteiger partial charge in [-0.2, -0.15) is 5.10 Å². The van der Waals surface area contributed by atoms with Crippen LogP contribution in [0.5, 0.6) is 0 Å². The minimum absolute atomic E-state index is 0.139. The predicted molar refractivity (Wildman–Crippen MR) is 81.1 cm³/mol. The minimum atomic E-state index is -0.781. The number of nitrogens with one attached hydrogen (secondary N) is 1. The van der Waals surface area contributed by atoms with Gasteiger partial charge in [-0.1, -0.05) is 0 Å². The normalized spacial score (nSPS) is 25.0. The highest BCUT2D eigenvalue weighted by Gasteiger charge is 2.44. The maximum absolute atomic E-state index is 12.2. The zero-order valence-electron chi connectivity index (χ0n) is 13.2. The summed E-state index contributed by atoms with van der Waals surface area (Å²) in [4.78, 5) is 27.8. The van der Waals surface area contributed by atoms with Gasteiger partial charge in [0.05, 0.1) is 6.54 Å². The van der Waals surface area contributed by atoms with Crippen molar-refractivity contribution in [1.82, 2.24) is 24.9 Å². The number of likely N-dealkylation sites (tertiary alicyclic amines) is 1. The van der Waals surface area contributed by atoms with Crippen LogP contribution < -0.4 is 5.32 Å². The first-order valence-corrected chi connectivity index (χ1v) is 7.83. The Labute approximate surface area is 130 Å². The molecule has 2 saturated heterocycles. The van der Waals surface area contributed by atoms with E-state index in [9.17, 15) is 9.59 Å². The first kappa shape index (κ1) is 15.0. The molecule has 2 aliphatic rings. The quantitative estimate of drug-likeness (QED) is 0.812. The van der Waals surface area contributed by atoms with E-state index in [2.05, 4.69) is 15.3 Å². The van der Waals surface area contributed by atoms with Gasteiger partial charge >= 0.3 is 6.03 Å². The lowest BCUT2D eigenvalue weighted by molar-refractivity contribution is -0.130. The van der Waals surface area contributed by atoms with E-state index < -0.39 is 5.54 Å². The van der Waals surface area contributed by atoms with Gasteiger partial charge in [0.15, 0.2) is 0 Å². The Morgan fingerprint density at radius 3 is 2.82 bits per heavy atom. The van der Waals surface area contributed by atoms with Crippen molar-refractivity contribution in [2.75, 3.05) is 19.6 Å². The molecule has 1 N–H and O–H groups in total. The van der Waals surface area contributed by atoms with Crippen molar-refractivity contribution in [2.45, 2.75) is 44.8 Å². The van der Waals surface area contributed by atoms with E-state index in [0.717, 1.165) is 32.5 Å². The van der Waals surface area contributed by atoms with Crippen molar-refractivity contribution in [3.8, 4) is 0 Å². The molecule has 3 amide bonds. The van der Waals surface area contributed by atoms with Crippen molar-refractivity contribution in [1.29, 1.82) is 0 Å². The van der Waals surface area contributed by atoms with Gasteiger partial charge in [-0.25, -0.2) is 4.79 Å². The van der Waals surface area contributed by atoms with Crippen LogP contribution >= 0.6 is 0 Å². The smallest absolute Gasteiger partial charge is 0.324 e. The highest BCUT2D eigenvalue weighted by atomic mass is 16.2. The fourth-order valence-electron chi connectivity index (χ4n) is 3.27. The summed E-state index contributed by atoms with van der Waals surface area (Å²) in [5.74, 6) is -0.139. The fourth-order valence-corrected chi connectivity index (χ4v) is 3.27. The van der Waals surface area contributed by atoms with Gasteiger partial charge in [0, 0.05) is 31.5 Å². The monoisotopic (exact) mass is 305 g/mol. The molecule has 1 atom stereocenters. The number of aromatic nitrogens is 2. The number of amides is 3. The molecule has 0 saturated carbocycles. The second-order valence-electron chi connectivity index (χ2n) is 6.57. The van der Waals surface area contributed by atoms with Gasteiger partial charge in [-0.15, -0.1) is 0 Å². The lowest BCUT2D eigenvalue weighted by Crippen LogP contribution is -2.43. The topological polar surface area (TPSA) is 70.5 Å². The van der Waals surface area contributed by atoms with Crippen LogP contribution in [0.3, 0.4) is 0 Å². The zero-order valence-corrected chi connectivity index (χ0v) is 13.2. The van der Waals surface area contributed by atoms with Gasteiger partial charge < -0.3 is 5.32 Å². The Hall–Kier alpha value is -1.89. The average molecular weight is 305 g/mol. The predicted octanol–water partition coefficient (Wildman–Crippen LogP) is 0.678. The summed E-state index contributed by atoms with van der Waals surface area (Å²) in [7, 11) is 0. The van der Waals surface area contributed by atoms with E-state index in [4.69, 9.17) is 0 Å². The van der Waals surface area contributed by atoms with E-state index in [0.29, 0.717) is 12.6 Å². The molecule has 2 fully saturated rings. The molecule has 2 aliphatic heterocycles. The zero-order chi connectivity index (χ0) is 15.7. The molecule has 1 aromatic heterocycles. The van der Waals surface area contributed by atoms with Crippen LogP contribution in [0.2, 0.25) is 0 Å². The second-order valence-corrected chi connectivity index (χ2v) is 6.57. The lowest BCUT2D eigenvalue weighted by Gasteiger charge is -2.26. The summed E-state index contributed by atoms with van der Waals surface area (Å²) in [5.41, 5.74) is -0.781. The van der Waals surface area contributed by atoms with E-state index in [1.807, 2.05) is 16.9 Å². The molecule has 0 aromatic carbocycles. The standard InChI is InChI=1S/C15H23N5O2/c1-15(2)13(21)20(14(22)17-15)10-9-18-7-3-5-12(18)11-19-8-4-6-16-19/h4,6,8,12H,3,5,7,9-11H2,1-2H3,(H,17,22)/t12-/m1/s1. The van der Waals surface area contributed by atoms with Crippen LogP contribution in [-0.4, -0.2) is 62.7 Å². The third-order valence-electron chi connectivity index (χ3n) is 4.51. The van der Waals surface area contributed by atoms with Crippen LogP contribution in [0.1, 0.15) is 26.7 Å². The molecule has 0 spiro atoms. The second kappa shape index (κ2) is 5.72. The molecule has 22 heavy (non-hydrogen) atoms. The lowest BCUT2D eigenvalue weighted by atomic mass is 10.1. The van der Waals surface area contributed by atoms with Gasteiger partial charge in [-0.05, 0) is 39.3 Å². The third-order valence-corrected chi connectivity index (χ3v) is 4.51. The number of hydrogen-bond acceptors (Lipinski definition) is 4. The average Bonchev–Trinajstić information content (AvgIpc) is 3.14. The van der Waals surface area contributed by atoms with Crippen LogP contribution in [0.4, 0.5) is 4.79 Å². The number of carbonyl (C=O) groups excluding carboxylic acids is 2. The Morgan fingerprint density at radius 1 is 1.36 bits per heavy atom. The van der Waals surface area contributed by atoms with Crippen molar-refractivity contribution in [2.24, 2.45) is 0 Å². The summed E-state index contributed by atoms with van der Waals surface area (Å²) in [6.07, 6.45) is 6.04. The third kappa shape index (κ3) is 2.85. The molecule has 0 aliphatic carbocycles. The highest BCUT2D eigenvalue weighted by molar-refractivity contribution is 6.06. The van der Waals surface area contributed by atoms with Crippen molar-refractivity contribution in [3.63, 3.8) is 0 Å². The molecular formula is C15H23N5O2. The van der Waals surface area contributed by atoms with Crippen LogP contribution in [0.25, 0.3) is 0 Å². The molecule has 120 valence electrons. The largest absolute Gasteiger partial charge is 0.325 e. The maximum Gasteiger partial charge on any atom is 0.325 e. The Morgan fingerprint density at radius 2 is 2.18 bits per heavy atom. The molecule has 0 unspecified atom stereocenters. The van der Waals surface area contributed by atoms with E-state index in [1.165, 1.54) is 4.90 Å². The molecular weight excluding hydrogens is 282 g/mol. The SMILES string of the molecule is CC1(C)NC(=O)N(CCN2CCC[C@@H]2Cn2cccn2)C1=O. The molecule has 3 heterocycles. The summed E-state index contributed by atoms with van der Waals surface area (Å²) in [5, 5.41) is 6.98.